The molecule has 0 aliphatic carbocycles. The summed E-state index contributed by atoms with van der Waals surface area (Å²) in [4.78, 5) is 0.150. The molecule has 0 atom stereocenters. The van der Waals surface area contributed by atoms with Crippen molar-refractivity contribution in [3.63, 3.8) is 0 Å². The zero-order valence-electron chi connectivity index (χ0n) is 15.6. The van der Waals surface area contributed by atoms with E-state index in [0.717, 1.165) is 5.56 Å². The molecule has 29 heavy (non-hydrogen) atoms. The maximum absolute atomic E-state index is 12.5. The molecule has 0 saturated carbocycles. The van der Waals surface area contributed by atoms with E-state index in [-0.39, 0.29) is 4.90 Å². The van der Waals surface area contributed by atoms with Gasteiger partial charge >= 0.3 is 0 Å². The number of nitrogens with one attached hydrogen (secondary N) is 3. The Morgan fingerprint density at radius 2 is 1.48 bits per heavy atom. The fourth-order valence-corrected chi connectivity index (χ4v) is 3.89. The molecular weight excluding hydrogens is 426 g/mol. The van der Waals surface area contributed by atoms with Crippen LogP contribution in [0.3, 0.4) is 0 Å². The van der Waals surface area contributed by atoms with Crippen LogP contribution in [-0.4, -0.2) is 13.5 Å². The van der Waals surface area contributed by atoms with Gasteiger partial charge in [-0.15, -0.1) is 0 Å². The van der Waals surface area contributed by atoms with E-state index in [1.807, 2.05) is 31.2 Å². The van der Waals surface area contributed by atoms with Crippen LogP contribution in [0.4, 0.5) is 11.4 Å². The summed E-state index contributed by atoms with van der Waals surface area (Å²) >= 11 is 11.1. The molecule has 3 N–H and O–H groups in total. The first-order valence-corrected chi connectivity index (χ1v) is 11.1. The van der Waals surface area contributed by atoms with Crippen LogP contribution in [0.5, 0.6) is 0 Å². The van der Waals surface area contributed by atoms with Crippen molar-refractivity contribution in [1.29, 1.82) is 0 Å². The Kier molecular flexibility index (Phi) is 6.74. The highest BCUT2D eigenvalue weighted by Crippen LogP contribution is 2.20. The van der Waals surface area contributed by atoms with Gasteiger partial charge < -0.3 is 10.6 Å². The lowest BCUT2D eigenvalue weighted by Gasteiger charge is -2.12. The zero-order valence-corrected chi connectivity index (χ0v) is 18.0. The van der Waals surface area contributed by atoms with E-state index in [1.54, 1.807) is 36.4 Å². The lowest BCUT2D eigenvalue weighted by molar-refractivity contribution is 0.601. The van der Waals surface area contributed by atoms with Crippen LogP contribution < -0.4 is 15.4 Å². The van der Waals surface area contributed by atoms with E-state index in [9.17, 15) is 8.42 Å². The summed E-state index contributed by atoms with van der Waals surface area (Å²) < 4.78 is 27.5. The van der Waals surface area contributed by atoms with Crippen molar-refractivity contribution in [3.8, 4) is 0 Å². The number of aryl methyl sites for hydroxylation is 1. The number of rotatable bonds is 6. The summed E-state index contributed by atoms with van der Waals surface area (Å²) in [7, 11) is -3.69. The van der Waals surface area contributed by atoms with Gasteiger partial charge in [0.15, 0.2) is 5.11 Å². The van der Waals surface area contributed by atoms with Crippen molar-refractivity contribution < 1.29 is 8.42 Å². The van der Waals surface area contributed by atoms with Gasteiger partial charge in [0.25, 0.3) is 10.0 Å². The third kappa shape index (κ3) is 6.19. The molecule has 0 fully saturated rings. The summed E-state index contributed by atoms with van der Waals surface area (Å²) in [6.45, 7) is 2.64. The number of hydrogen-bond donors (Lipinski definition) is 3. The molecule has 0 aromatic heterocycles. The van der Waals surface area contributed by atoms with Gasteiger partial charge in [-0.3, -0.25) is 4.72 Å². The van der Waals surface area contributed by atoms with Gasteiger partial charge in [-0.2, -0.15) is 0 Å². The minimum Gasteiger partial charge on any atom is -0.358 e. The maximum Gasteiger partial charge on any atom is 0.261 e. The summed E-state index contributed by atoms with van der Waals surface area (Å²) in [6, 6.07) is 21.0. The molecule has 0 radical (unpaired) electrons. The molecule has 8 heteroatoms. The molecule has 0 unspecified atom stereocenters. The quantitative estimate of drug-likeness (QED) is 0.469. The maximum atomic E-state index is 12.5. The van der Waals surface area contributed by atoms with Crippen molar-refractivity contribution in [1.82, 2.24) is 5.32 Å². The van der Waals surface area contributed by atoms with Gasteiger partial charge in [-0.05, 0) is 73.2 Å². The molecule has 0 heterocycles. The lowest BCUT2D eigenvalue weighted by Crippen LogP contribution is -2.27. The number of thiocarbonyl (C=S) groups is 1. The Balaban J connectivity index is 1.58. The monoisotopic (exact) mass is 445 g/mol. The smallest absolute Gasteiger partial charge is 0.261 e. The molecule has 5 nitrogen and oxygen atoms in total. The van der Waals surface area contributed by atoms with Crippen molar-refractivity contribution >= 4 is 50.3 Å². The predicted octanol–water partition coefficient (Wildman–Crippen LogP) is 4.94. The van der Waals surface area contributed by atoms with Gasteiger partial charge in [0.2, 0.25) is 0 Å². The molecule has 0 bridgehead atoms. The van der Waals surface area contributed by atoms with E-state index in [0.29, 0.717) is 28.1 Å². The summed E-state index contributed by atoms with van der Waals surface area (Å²) in [5.41, 5.74) is 3.46. The van der Waals surface area contributed by atoms with Crippen LogP contribution in [0, 0.1) is 6.92 Å². The number of benzene rings is 3. The van der Waals surface area contributed by atoms with Crippen molar-refractivity contribution in [2.24, 2.45) is 0 Å². The van der Waals surface area contributed by atoms with E-state index in [2.05, 4.69) is 15.4 Å². The van der Waals surface area contributed by atoms with Crippen LogP contribution in [0.1, 0.15) is 11.1 Å². The minimum absolute atomic E-state index is 0.150. The molecule has 150 valence electrons. The van der Waals surface area contributed by atoms with Crippen LogP contribution in [0.15, 0.2) is 77.7 Å². The van der Waals surface area contributed by atoms with Crippen LogP contribution >= 0.6 is 23.8 Å². The second-order valence-corrected chi connectivity index (χ2v) is 8.96. The fraction of sp³-hybridized carbons (Fsp3) is 0.0952. The first-order chi connectivity index (χ1) is 13.8. The molecule has 0 aliphatic heterocycles. The molecule has 3 aromatic rings. The van der Waals surface area contributed by atoms with Crippen molar-refractivity contribution in [2.75, 3.05) is 10.0 Å². The molecule has 0 saturated heterocycles. The number of sulfonamides is 1. The molecule has 3 rings (SSSR count). The standard InChI is InChI=1S/C21H20ClN3O2S2/c1-15-2-4-16(5-3-15)14-23-21(28)24-18-10-12-20(13-11-18)29(26,27)25-19-8-6-17(22)7-9-19/h2-13,25H,14H2,1H3,(H2,23,24,28). The Morgan fingerprint density at radius 3 is 2.10 bits per heavy atom. The van der Waals surface area contributed by atoms with Gasteiger partial charge in [0.05, 0.1) is 4.90 Å². The Morgan fingerprint density at radius 1 is 0.897 bits per heavy atom. The Labute approximate surface area is 181 Å². The van der Waals surface area contributed by atoms with Gasteiger partial charge in [0, 0.05) is 22.9 Å². The molecule has 0 spiro atoms. The third-order valence-corrected chi connectivity index (χ3v) is 5.99. The van der Waals surface area contributed by atoms with E-state index in [1.165, 1.54) is 17.7 Å². The van der Waals surface area contributed by atoms with Gasteiger partial charge in [-0.25, -0.2) is 8.42 Å². The van der Waals surface area contributed by atoms with E-state index >= 15 is 0 Å². The Hall–Kier alpha value is -2.61. The first kappa shape index (κ1) is 21.1. The topological polar surface area (TPSA) is 70.2 Å². The average molecular weight is 446 g/mol. The van der Waals surface area contributed by atoms with E-state index < -0.39 is 10.0 Å². The molecular formula is C21H20ClN3O2S2. The number of halogens is 1. The second-order valence-electron chi connectivity index (χ2n) is 6.43. The number of anilines is 2. The van der Waals surface area contributed by atoms with Crippen LogP contribution in [-0.2, 0) is 16.6 Å². The molecule has 3 aromatic carbocycles. The fourth-order valence-electron chi connectivity index (χ4n) is 2.51. The lowest BCUT2D eigenvalue weighted by atomic mass is 10.1. The minimum atomic E-state index is -3.69. The third-order valence-electron chi connectivity index (χ3n) is 4.09. The highest BCUT2D eigenvalue weighted by molar-refractivity contribution is 7.92. The highest BCUT2D eigenvalue weighted by atomic mass is 35.5. The van der Waals surface area contributed by atoms with Crippen molar-refractivity contribution in [3.05, 3.63) is 88.9 Å². The van der Waals surface area contributed by atoms with E-state index in [4.69, 9.17) is 23.8 Å². The zero-order chi connectivity index (χ0) is 20.9. The normalized spacial score (nSPS) is 11.0. The SMILES string of the molecule is Cc1ccc(CNC(=S)Nc2ccc(S(=O)(=O)Nc3ccc(Cl)cc3)cc2)cc1. The highest BCUT2D eigenvalue weighted by Gasteiger charge is 2.14. The van der Waals surface area contributed by atoms with Crippen molar-refractivity contribution in [2.45, 2.75) is 18.4 Å². The average Bonchev–Trinajstić information content (AvgIpc) is 2.70. The van der Waals surface area contributed by atoms with Gasteiger partial charge in [0.1, 0.15) is 0 Å². The molecule has 0 aliphatic rings. The van der Waals surface area contributed by atoms with Gasteiger partial charge in [-0.1, -0.05) is 41.4 Å². The second kappa shape index (κ2) is 9.26. The summed E-state index contributed by atoms with van der Waals surface area (Å²) in [6.07, 6.45) is 0. The van der Waals surface area contributed by atoms with Crippen LogP contribution in [0.25, 0.3) is 0 Å². The summed E-state index contributed by atoms with van der Waals surface area (Å²) in [5, 5.41) is 7.17. The largest absolute Gasteiger partial charge is 0.358 e. The summed E-state index contributed by atoms with van der Waals surface area (Å²) in [5.74, 6) is 0. The number of hydrogen-bond acceptors (Lipinski definition) is 3. The Bertz CT molecular complexity index is 1080. The van der Waals surface area contributed by atoms with Crippen LogP contribution in [0.2, 0.25) is 5.02 Å². The predicted molar refractivity (Wildman–Crippen MR) is 123 cm³/mol. The molecule has 0 amide bonds. The first-order valence-electron chi connectivity index (χ1n) is 8.81.